The van der Waals surface area contributed by atoms with Crippen LogP contribution in [0.15, 0.2) is 53.9 Å². The Bertz CT molecular complexity index is 2560. The molecular formula is C44H58F2N10O10S. The Morgan fingerprint density at radius 2 is 1.19 bits per heavy atom. The molecule has 2 fully saturated rings. The van der Waals surface area contributed by atoms with Crippen LogP contribution in [0.2, 0.25) is 0 Å². The highest BCUT2D eigenvalue weighted by atomic mass is 32.2. The summed E-state index contributed by atoms with van der Waals surface area (Å²) in [6.07, 6.45) is 3.24. The van der Waals surface area contributed by atoms with E-state index in [9.17, 15) is 36.4 Å². The lowest BCUT2D eigenvalue weighted by atomic mass is 10.0. The Balaban J connectivity index is 0.000000238. The van der Waals surface area contributed by atoms with Gasteiger partial charge in [0.15, 0.2) is 0 Å². The van der Waals surface area contributed by atoms with Crippen molar-refractivity contribution in [1.29, 1.82) is 0 Å². The number of nitrogens with zero attached hydrogens (tertiary/aromatic N) is 6. The zero-order valence-corrected chi connectivity index (χ0v) is 39.7. The molecule has 2 aliphatic heterocycles. The third-order valence-electron chi connectivity index (χ3n) is 9.62. The van der Waals surface area contributed by atoms with Crippen molar-refractivity contribution in [3.8, 4) is 11.5 Å². The summed E-state index contributed by atoms with van der Waals surface area (Å²) < 4.78 is 71.1. The van der Waals surface area contributed by atoms with E-state index in [0.29, 0.717) is 26.1 Å². The number of nitrogens with two attached hydrogens (primary N) is 3. The highest BCUT2D eigenvalue weighted by molar-refractivity contribution is 7.91. The fourth-order valence-corrected chi connectivity index (χ4v) is 7.02. The molecule has 0 bridgehead atoms. The minimum absolute atomic E-state index is 0.0299. The van der Waals surface area contributed by atoms with E-state index in [4.69, 9.17) is 36.1 Å². The number of anilines is 3. The van der Waals surface area contributed by atoms with Crippen molar-refractivity contribution in [2.75, 3.05) is 62.9 Å². The van der Waals surface area contributed by atoms with Crippen molar-refractivity contribution < 1.29 is 55.3 Å². The van der Waals surface area contributed by atoms with Gasteiger partial charge in [-0.1, -0.05) is 6.92 Å². The Kier molecular flexibility index (Phi) is 17.5. The number of rotatable bonds is 10. The van der Waals surface area contributed by atoms with Crippen molar-refractivity contribution in [3.63, 3.8) is 0 Å². The van der Waals surface area contributed by atoms with Crippen molar-refractivity contribution in [1.82, 2.24) is 29.7 Å². The fraction of sp³-hybridized carbons (Fsp3) is 0.455. The number of carbonyl (C=O) groups is 4. The van der Waals surface area contributed by atoms with Crippen LogP contribution in [-0.4, -0.2) is 131 Å². The second-order valence-corrected chi connectivity index (χ2v) is 19.4. The van der Waals surface area contributed by atoms with E-state index in [-0.39, 0.29) is 81.4 Å². The number of aromatic nitrogens is 4. The monoisotopic (exact) mass is 956 g/mol. The Hall–Kier alpha value is -6.75. The number of amides is 2. The quantitative estimate of drug-likeness (QED) is 0.120. The standard InChI is InChI=1S/C21H26FN5O4.C14H14FN3O4S.C9H18N2O2/c1-21(2,3)31-20(29)27-8-7-13(11-27)25-19-24-10-15(18(23)26-19)17(28)14-9-12(22)5-6-16(14)30-4;1-3-23(20,21)14-17-7-10(13(16)18-14)12(19)9-6-8(15)4-5-11(9)22-2;1-9(2,3)13-8(12)11-5-4-7(10)6-11/h5-6,9-10,13H,7-8,11H2,1-4H3,(H3,23,24,25,26);4-7H,3H2,1-2H3,(H2,16,17,18);7H,4-6,10H2,1-3H3/t13-;;7-/m0.0/s1. The maximum absolute atomic E-state index is 13.6. The summed E-state index contributed by atoms with van der Waals surface area (Å²) in [5, 5.41) is 2.66. The first-order valence-corrected chi connectivity index (χ1v) is 22.6. The molecule has 67 heavy (non-hydrogen) atoms. The number of likely N-dealkylation sites (tertiary alicyclic amines) is 2. The van der Waals surface area contributed by atoms with Crippen molar-refractivity contribution in [2.45, 2.75) is 89.8 Å². The van der Waals surface area contributed by atoms with Gasteiger partial charge < -0.3 is 51.3 Å². The van der Waals surface area contributed by atoms with E-state index < -0.39 is 49.4 Å². The molecule has 4 heterocycles. The van der Waals surface area contributed by atoms with Crippen LogP contribution in [0.1, 0.15) is 93.2 Å². The van der Waals surface area contributed by atoms with Crippen LogP contribution < -0.4 is 32.0 Å². The Labute approximate surface area is 387 Å². The molecule has 2 saturated heterocycles. The van der Waals surface area contributed by atoms with E-state index >= 15 is 0 Å². The summed E-state index contributed by atoms with van der Waals surface area (Å²) in [5.74, 6) is -2.34. The minimum Gasteiger partial charge on any atom is -0.496 e. The van der Waals surface area contributed by atoms with Crippen molar-refractivity contribution >= 4 is 51.2 Å². The molecular weight excluding hydrogens is 899 g/mol. The summed E-state index contributed by atoms with van der Waals surface area (Å²) in [4.78, 5) is 67.9. The first-order chi connectivity index (χ1) is 31.2. The molecule has 364 valence electrons. The topological polar surface area (TPSA) is 287 Å². The molecule has 0 spiro atoms. The number of sulfone groups is 1. The molecule has 2 aromatic carbocycles. The number of benzene rings is 2. The van der Waals surface area contributed by atoms with Crippen LogP contribution in [0, 0.1) is 11.6 Å². The number of carbonyl (C=O) groups excluding carboxylic acids is 4. The number of hydrogen-bond donors (Lipinski definition) is 4. The highest BCUT2D eigenvalue weighted by Gasteiger charge is 2.31. The van der Waals surface area contributed by atoms with Crippen LogP contribution in [0.4, 0.5) is 36.0 Å². The number of halogens is 2. The highest BCUT2D eigenvalue weighted by Crippen LogP contribution is 2.27. The van der Waals surface area contributed by atoms with E-state index in [2.05, 4.69) is 25.3 Å². The maximum atomic E-state index is 13.6. The number of nitrogens with one attached hydrogen (secondary N) is 1. The van der Waals surface area contributed by atoms with E-state index in [1.54, 1.807) is 9.80 Å². The lowest BCUT2D eigenvalue weighted by molar-refractivity contribution is 0.0282. The van der Waals surface area contributed by atoms with Crippen LogP contribution in [0.3, 0.4) is 0 Å². The molecule has 23 heteroatoms. The van der Waals surface area contributed by atoms with Gasteiger partial charge in [-0.05, 0) is 90.8 Å². The number of methoxy groups -OCH3 is 2. The van der Waals surface area contributed by atoms with E-state index in [1.807, 2.05) is 41.5 Å². The molecule has 2 atom stereocenters. The SMILES string of the molecule is CC(C)(C)OC(=O)N1CC[C@H](N)C1.CCS(=O)(=O)c1ncc(C(=O)c2cc(F)ccc2OC)c(N)n1.COc1ccc(F)cc1C(=O)c1cnc(N[C@H]2CCN(C(=O)OC(C)(C)C)C2)nc1N. The van der Waals surface area contributed by atoms with Crippen molar-refractivity contribution in [3.05, 3.63) is 82.7 Å². The maximum Gasteiger partial charge on any atom is 0.410 e. The van der Waals surface area contributed by atoms with Crippen LogP contribution in [0.5, 0.6) is 11.5 Å². The number of ketones is 2. The number of ether oxygens (including phenoxy) is 4. The zero-order chi connectivity index (χ0) is 50.0. The van der Waals surface area contributed by atoms with Gasteiger partial charge in [0, 0.05) is 50.7 Å². The van der Waals surface area contributed by atoms with Gasteiger partial charge in [-0.25, -0.2) is 41.7 Å². The average Bonchev–Trinajstić information content (AvgIpc) is 3.92. The Morgan fingerprint density at radius 3 is 1.61 bits per heavy atom. The third kappa shape index (κ3) is 14.9. The smallest absolute Gasteiger partial charge is 0.410 e. The Morgan fingerprint density at radius 1 is 0.731 bits per heavy atom. The van der Waals surface area contributed by atoms with E-state index in [0.717, 1.165) is 37.4 Å². The summed E-state index contributed by atoms with van der Waals surface area (Å²) in [5.41, 5.74) is 16.2. The second kappa shape index (κ2) is 22.2. The van der Waals surface area contributed by atoms with Crippen LogP contribution >= 0.6 is 0 Å². The second-order valence-electron chi connectivity index (χ2n) is 17.2. The van der Waals surface area contributed by atoms with Gasteiger partial charge >= 0.3 is 12.2 Å². The molecule has 7 N–H and O–H groups in total. The molecule has 0 saturated carbocycles. The first-order valence-electron chi connectivity index (χ1n) is 21.0. The lowest BCUT2D eigenvalue weighted by Gasteiger charge is -2.24. The zero-order valence-electron chi connectivity index (χ0n) is 38.9. The fourth-order valence-electron chi connectivity index (χ4n) is 6.31. The van der Waals surface area contributed by atoms with E-state index in [1.165, 1.54) is 45.5 Å². The molecule has 0 unspecified atom stereocenters. The summed E-state index contributed by atoms with van der Waals surface area (Å²) in [6, 6.07) is 7.12. The van der Waals surface area contributed by atoms with Crippen LogP contribution in [-0.2, 0) is 19.3 Å². The van der Waals surface area contributed by atoms with Gasteiger partial charge in [0.05, 0.1) is 42.2 Å². The average molecular weight is 957 g/mol. The lowest BCUT2D eigenvalue weighted by Crippen LogP contribution is -2.36. The van der Waals surface area contributed by atoms with Crippen LogP contribution in [0.25, 0.3) is 0 Å². The van der Waals surface area contributed by atoms with Crippen molar-refractivity contribution in [2.24, 2.45) is 5.73 Å². The molecule has 20 nitrogen and oxygen atoms in total. The summed E-state index contributed by atoms with van der Waals surface area (Å²) in [6.45, 7) is 14.8. The minimum atomic E-state index is -3.65. The molecule has 2 aliphatic rings. The van der Waals surface area contributed by atoms with Gasteiger partial charge in [-0.15, -0.1) is 0 Å². The number of nitrogen functional groups attached to an aromatic ring is 2. The normalized spacial score (nSPS) is 15.9. The van der Waals surface area contributed by atoms with Gasteiger partial charge in [0.2, 0.25) is 32.5 Å². The molecule has 6 rings (SSSR count). The predicted octanol–water partition coefficient (Wildman–Crippen LogP) is 5.04. The molecule has 4 aromatic rings. The van der Waals surface area contributed by atoms with Gasteiger partial charge in [-0.3, -0.25) is 9.59 Å². The predicted molar refractivity (Wildman–Crippen MR) is 244 cm³/mol. The molecule has 2 aromatic heterocycles. The number of hydrogen-bond acceptors (Lipinski definition) is 18. The summed E-state index contributed by atoms with van der Waals surface area (Å²) >= 11 is 0. The van der Waals surface area contributed by atoms with Gasteiger partial charge in [-0.2, -0.15) is 4.98 Å². The van der Waals surface area contributed by atoms with Gasteiger partial charge in [0.1, 0.15) is 46.0 Å². The molecule has 0 radical (unpaired) electrons. The summed E-state index contributed by atoms with van der Waals surface area (Å²) in [7, 11) is -0.923. The molecule has 2 amide bonds. The first kappa shape index (κ1) is 52.9. The van der Waals surface area contributed by atoms with Gasteiger partial charge in [0.25, 0.3) is 0 Å². The molecule has 0 aliphatic carbocycles. The largest absolute Gasteiger partial charge is 0.496 e. The third-order valence-corrected chi connectivity index (χ3v) is 11.1.